The Balaban J connectivity index is 1.90. The van der Waals surface area contributed by atoms with Crippen molar-refractivity contribution in [1.29, 1.82) is 0 Å². The van der Waals surface area contributed by atoms with Crippen LogP contribution in [0.3, 0.4) is 0 Å². The summed E-state index contributed by atoms with van der Waals surface area (Å²) >= 11 is 0. The van der Waals surface area contributed by atoms with Crippen LogP contribution in [0.15, 0.2) is 30.5 Å². The Labute approximate surface area is 89.3 Å². The van der Waals surface area contributed by atoms with E-state index in [1.54, 1.807) is 0 Å². The average Bonchev–Trinajstić information content (AvgIpc) is 2.89. The molecule has 0 saturated carbocycles. The zero-order chi connectivity index (χ0) is 10.1. The lowest BCUT2D eigenvalue weighted by Crippen LogP contribution is -2.23. The molecule has 1 aromatic carbocycles. The molecule has 1 saturated heterocycles. The summed E-state index contributed by atoms with van der Waals surface area (Å²) in [6.07, 6.45) is 4.61. The molecular formula is C12H15N3. The topological polar surface area (TPSA) is 21.1 Å². The fourth-order valence-electron chi connectivity index (χ4n) is 2.25. The van der Waals surface area contributed by atoms with Crippen LogP contribution in [0.4, 0.5) is 0 Å². The highest BCUT2D eigenvalue weighted by molar-refractivity contribution is 5.78. The van der Waals surface area contributed by atoms with Gasteiger partial charge in [0.25, 0.3) is 0 Å². The predicted octanol–water partition coefficient (Wildman–Crippen LogP) is 2.09. The maximum Gasteiger partial charge on any atom is 0.0936 e. The van der Waals surface area contributed by atoms with E-state index in [1.807, 2.05) is 6.20 Å². The molecular weight excluding hydrogens is 186 g/mol. The molecule has 0 atom stereocenters. The van der Waals surface area contributed by atoms with Crippen LogP contribution >= 0.6 is 0 Å². The molecule has 0 unspecified atom stereocenters. The van der Waals surface area contributed by atoms with E-state index < -0.39 is 0 Å². The van der Waals surface area contributed by atoms with E-state index in [-0.39, 0.29) is 0 Å². The molecule has 1 aromatic heterocycles. The van der Waals surface area contributed by atoms with Gasteiger partial charge in [-0.3, -0.25) is 9.58 Å². The molecule has 2 aromatic rings. The normalized spacial score (nSPS) is 17.6. The Morgan fingerprint density at radius 3 is 2.80 bits per heavy atom. The van der Waals surface area contributed by atoms with Gasteiger partial charge in [0.15, 0.2) is 0 Å². The van der Waals surface area contributed by atoms with Crippen molar-refractivity contribution in [2.45, 2.75) is 19.5 Å². The van der Waals surface area contributed by atoms with Crippen molar-refractivity contribution in [3.05, 3.63) is 30.5 Å². The summed E-state index contributed by atoms with van der Waals surface area (Å²) in [5.74, 6) is 0. The minimum Gasteiger partial charge on any atom is -0.284 e. The number of hydrogen-bond donors (Lipinski definition) is 0. The Kier molecular flexibility index (Phi) is 2.18. The Bertz CT molecular complexity index is 455. The second-order valence-corrected chi connectivity index (χ2v) is 4.17. The third kappa shape index (κ3) is 1.63. The maximum absolute atomic E-state index is 4.43. The molecule has 0 bridgehead atoms. The minimum absolute atomic E-state index is 0.938. The van der Waals surface area contributed by atoms with Gasteiger partial charge in [0, 0.05) is 5.39 Å². The third-order valence-electron chi connectivity index (χ3n) is 3.08. The third-order valence-corrected chi connectivity index (χ3v) is 3.08. The number of rotatable bonds is 2. The molecule has 3 heteroatoms. The first-order chi connectivity index (χ1) is 7.43. The van der Waals surface area contributed by atoms with E-state index in [4.69, 9.17) is 0 Å². The number of nitrogens with zero attached hydrogens (tertiary/aromatic N) is 3. The molecule has 3 rings (SSSR count). The molecule has 15 heavy (non-hydrogen) atoms. The van der Waals surface area contributed by atoms with E-state index in [0.29, 0.717) is 0 Å². The Morgan fingerprint density at radius 2 is 1.93 bits per heavy atom. The van der Waals surface area contributed by atoms with Crippen molar-refractivity contribution in [2.24, 2.45) is 0 Å². The summed E-state index contributed by atoms with van der Waals surface area (Å²) in [6, 6.07) is 8.38. The van der Waals surface area contributed by atoms with E-state index in [1.165, 1.54) is 36.8 Å². The molecule has 0 N–H and O–H groups in total. The zero-order valence-electron chi connectivity index (χ0n) is 8.76. The van der Waals surface area contributed by atoms with Crippen molar-refractivity contribution in [3.8, 4) is 0 Å². The largest absolute Gasteiger partial charge is 0.284 e. The Morgan fingerprint density at radius 1 is 1.13 bits per heavy atom. The van der Waals surface area contributed by atoms with Gasteiger partial charge in [0.05, 0.1) is 18.4 Å². The number of aromatic nitrogens is 2. The summed E-state index contributed by atoms with van der Waals surface area (Å²) in [5, 5.41) is 5.67. The van der Waals surface area contributed by atoms with Crippen molar-refractivity contribution >= 4 is 10.9 Å². The van der Waals surface area contributed by atoms with E-state index in [9.17, 15) is 0 Å². The van der Waals surface area contributed by atoms with Gasteiger partial charge in [-0.1, -0.05) is 18.2 Å². The number of fused-ring (bicyclic) bond motifs is 1. The fraction of sp³-hybridized carbons (Fsp3) is 0.417. The standard InChI is InChI=1S/C12H15N3/c1-2-6-12-11(5-1)9-13-15(12)10-14-7-3-4-8-14/h1-2,5-6,9H,3-4,7-8,10H2. The molecule has 0 radical (unpaired) electrons. The zero-order valence-corrected chi connectivity index (χ0v) is 8.76. The second-order valence-electron chi connectivity index (χ2n) is 4.17. The van der Waals surface area contributed by atoms with Gasteiger partial charge in [0.1, 0.15) is 0 Å². The van der Waals surface area contributed by atoms with Crippen LogP contribution in [-0.2, 0) is 6.67 Å². The van der Waals surface area contributed by atoms with Crippen LogP contribution < -0.4 is 0 Å². The van der Waals surface area contributed by atoms with Crippen LogP contribution in [0, 0.1) is 0 Å². The van der Waals surface area contributed by atoms with Crippen molar-refractivity contribution < 1.29 is 0 Å². The van der Waals surface area contributed by atoms with Crippen molar-refractivity contribution in [1.82, 2.24) is 14.7 Å². The summed E-state index contributed by atoms with van der Waals surface area (Å²) < 4.78 is 2.10. The van der Waals surface area contributed by atoms with Gasteiger partial charge in [0.2, 0.25) is 0 Å². The van der Waals surface area contributed by atoms with Crippen LogP contribution in [0.5, 0.6) is 0 Å². The molecule has 0 aliphatic carbocycles. The first-order valence-electron chi connectivity index (χ1n) is 5.56. The van der Waals surface area contributed by atoms with Crippen LogP contribution in [0.2, 0.25) is 0 Å². The minimum atomic E-state index is 0.938. The SMILES string of the molecule is c1ccc2c(c1)cnn2CN1CCCC1. The number of benzene rings is 1. The number of likely N-dealkylation sites (tertiary alicyclic amines) is 1. The van der Waals surface area contributed by atoms with E-state index in [0.717, 1.165) is 6.67 Å². The second kappa shape index (κ2) is 3.66. The molecule has 1 aliphatic heterocycles. The molecule has 0 amide bonds. The highest BCUT2D eigenvalue weighted by Gasteiger charge is 2.12. The maximum atomic E-state index is 4.43. The lowest BCUT2D eigenvalue weighted by molar-refractivity contribution is 0.260. The van der Waals surface area contributed by atoms with Gasteiger partial charge < -0.3 is 0 Å². The number of para-hydroxylation sites is 1. The fourth-order valence-corrected chi connectivity index (χ4v) is 2.25. The summed E-state index contributed by atoms with van der Waals surface area (Å²) in [5.41, 5.74) is 1.24. The summed E-state index contributed by atoms with van der Waals surface area (Å²) in [6.45, 7) is 3.37. The molecule has 1 fully saturated rings. The van der Waals surface area contributed by atoms with Gasteiger partial charge in [-0.25, -0.2) is 0 Å². The molecule has 2 heterocycles. The van der Waals surface area contributed by atoms with Gasteiger partial charge in [-0.2, -0.15) is 5.10 Å². The van der Waals surface area contributed by atoms with Crippen LogP contribution in [0.1, 0.15) is 12.8 Å². The Hall–Kier alpha value is -1.35. The van der Waals surface area contributed by atoms with Crippen molar-refractivity contribution in [2.75, 3.05) is 13.1 Å². The summed E-state index contributed by atoms with van der Waals surface area (Å²) in [4.78, 5) is 2.46. The van der Waals surface area contributed by atoms with Gasteiger partial charge >= 0.3 is 0 Å². The molecule has 3 nitrogen and oxygen atoms in total. The number of hydrogen-bond acceptors (Lipinski definition) is 2. The van der Waals surface area contributed by atoms with Crippen LogP contribution in [-0.4, -0.2) is 27.8 Å². The van der Waals surface area contributed by atoms with Crippen molar-refractivity contribution in [3.63, 3.8) is 0 Å². The first kappa shape index (κ1) is 8.92. The molecule has 0 spiro atoms. The van der Waals surface area contributed by atoms with E-state index in [2.05, 4.69) is 38.9 Å². The monoisotopic (exact) mass is 201 g/mol. The summed E-state index contributed by atoms with van der Waals surface area (Å²) in [7, 11) is 0. The quantitative estimate of drug-likeness (QED) is 0.741. The molecule has 1 aliphatic rings. The average molecular weight is 201 g/mol. The first-order valence-corrected chi connectivity index (χ1v) is 5.56. The lowest BCUT2D eigenvalue weighted by Gasteiger charge is -2.14. The van der Waals surface area contributed by atoms with Crippen LogP contribution in [0.25, 0.3) is 10.9 Å². The highest BCUT2D eigenvalue weighted by atomic mass is 15.4. The van der Waals surface area contributed by atoms with E-state index >= 15 is 0 Å². The smallest absolute Gasteiger partial charge is 0.0936 e. The van der Waals surface area contributed by atoms with Gasteiger partial charge in [-0.05, 0) is 32.0 Å². The highest BCUT2D eigenvalue weighted by Crippen LogP contribution is 2.15. The molecule has 78 valence electrons. The predicted molar refractivity (Wildman–Crippen MR) is 60.5 cm³/mol. The lowest BCUT2D eigenvalue weighted by atomic mass is 10.3. The van der Waals surface area contributed by atoms with Gasteiger partial charge in [-0.15, -0.1) is 0 Å².